The van der Waals surface area contributed by atoms with Crippen molar-refractivity contribution in [1.82, 2.24) is 0 Å². The van der Waals surface area contributed by atoms with Gasteiger partial charge in [-0.15, -0.1) is 0 Å². The molecule has 0 spiro atoms. The Morgan fingerprint density at radius 1 is 0.545 bits per heavy atom. The highest BCUT2D eigenvalue weighted by Crippen LogP contribution is 2.79. The van der Waals surface area contributed by atoms with Crippen molar-refractivity contribution in [2.24, 2.45) is 82.9 Å². The summed E-state index contributed by atoms with van der Waals surface area (Å²) in [6.07, 6.45) is 6.41. The summed E-state index contributed by atoms with van der Waals surface area (Å²) in [6.45, 7) is 10.3. The van der Waals surface area contributed by atoms with Gasteiger partial charge in [-0.2, -0.15) is 0 Å². The van der Waals surface area contributed by atoms with E-state index in [1.807, 2.05) is 0 Å². The molecule has 6 saturated carbocycles. The topological polar surface area (TPSA) is 0 Å². The van der Waals surface area contributed by atoms with Gasteiger partial charge in [0, 0.05) is 0 Å². The minimum Gasteiger partial charge on any atom is -0.0651 e. The number of hydrogen-bond donors (Lipinski definition) is 0. The first-order chi connectivity index (χ1) is 10.6. The number of hydrogen-bond acceptors (Lipinski definition) is 0. The molecule has 14 atom stereocenters. The first kappa shape index (κ1) is 13.3. The van der Waals surface area contributed by atoms with Crippen molar-refractivity contribution >= 4 is 0 Å². The molecule has 0 heteroatoms. The van der Waals surface area contributed by atoms with Crippen LogP contribution < -0.4 is 0 Å². The molecular weight excluding hydrogens is 264 g/mol. The third-order valence-electron chi connectivity index (χ3n) is 11.0. The lowest BCUT2D eigenvalue weighted by Crippen LogP contribution is -2.46. The molecular formula is C22H34. The van der Waals surface area contributed by atoms with Crippen molar-refractivity contribution in [3.63, 3.8) is 0 Å². The van der Waals surface area contributed by atoms with E-state index in [0.29, 0.717) is 0 Å². The molecule has 0 N–H and O–H groups in total. The molecule has 0 heterocycles. The van der Waals surface area contributed by atoms with Crippen LogP contribution in [0, 0.1) is 82.9 Å². The van der Waals surface area contributed by atoms with Gasteiger partial charge < -0.3 is 0 Å². The van der Waals surface area contributed by atoms with Crippen molar-refractivity contribution < 1.29 is 0 Å². The summed E-state index contributed by atoms with van der Waals surface area (Å²) in [5, 5.41) is 0. The average molecular weight is 299 g/mol. The van der Waals surface area contributed by atoms with Crippen molar-refractivity contribution in [3.8, 4) is 0 Å². The van der Waals surface area contributed by atoms with E-state index >= 15 is 0 Å². The Hall–Kier alpha value is 0. The van der Waals surface area contributed by atoms with Gasteiger partial charge in [-0.3, -0.25) is 0 Å². The average Bonchev–Trinajstić information content (AvgIpc) is 3.26. The van der Waals surface area contributed by atoms with Gasteiger partial charge in [-0.1, -0.05) is 34.1 Å². The molecule has 0 aliphatic heterocycles. The van der Waals surface area contributed by atoms with E-state index in [4.69, 9.17) is 0 Å². The zero-order chi connectivity index (χ0) is 14.9. The molecule has 0 saturated heterocycles. The second-order valence-electron chi connectivity index (χ2n) is 10.6. The van der Waals surface area contributed by atoms with Crippen molar-refractivity contribution in [2.45, 2.75) is 53.4 Å². The van der Waals surface area contributed by atoms with Crippen molar-refractivity contribution in [1.29, 1.82) is 0 Å². The normalized spacial score (nSPS) is 73.1. The fourth-order valence-electron chi connectivity index (χ4n) is 10.6. The van der Waals surface area contributed by atoms with Gasteiger partial charge in [0.25, 0.3) is 0 Å². The quantitative estimate of drug-likeness (QED) is 0.574. The maximum atomic E-state index is 2.63. The standard InChI is InChI=1S/C22H34/c1-5-12-11(4)15-7-16(12)22-18-8-17(21(15)22)19-13-6-14(20(18)19)10(3)9(13)2/h9-22H,5-8H2,1-4H3. The van der Waals surface area contributed by atoms with E-state index in [-0.39, 0.29) is 0 Å². The fraction of sp³-hybridized carbons (Fsp3) is 1.00. The van der Waals surface area contributed by atoms with Crippen LogP contribution in [-0.2, 0) is 0 Å². The number of fused-ring (bicyclic) bond motifs is 16. The second kappa shape index (κ2) is 3.97. The molecule has 22 heavy (non-hydrogen) atoms. The fourth-order valence-corrected chi connectivity index (χ4v) is 10.6. The first-order valence-electron chi connectivity index (χ1n) is 10.6. The van der Waals surface area contributed by atoms with Gasteiger partial charge in [0.15, 0.2) is 0 Å². The van der Waals surface area contributed by atoms with Crippen LogP contribution in [0.1, 0.15) is 53.4 Å². The molecule has 6 aliphatic rings. The molecule has 6 fully saturated rings. The number of rotatable bonds is 1. The minimum atomic E-state index is 1.04. The molecule has 0 aromatic heterocycles. The summed E-state index contributed by atoms with van der Waals surface area (Å²) < 4.78 is 0. The lowest BCUT2D eigenvalue weighted by molar-refractivity contribution is -0.0336. The van der Waals surface area contributed by atoms with Gasteiger partial charge in [-0.25, -0.2) is 0 Å². The highest BCUT2D eigenvalue weighted by molar-refractivity contribution is 5.21. The molecule has 0 aromatic rings. The zero-order valence-corrected chi connectivity index (χ0v) is 14.9. The van der Waals surface area contributed by atoms with Gasteiger partial charge >= 0.3 is 0 Å². The Kier molecular flexibility index (Phi) is 2.40. The highest BCUT2D eigenvalue weighted by Gasteiger charge is 2.73. The summed E-state index contributed by atoms with van der Waals surface area (Å²) >= 11 is 0. The Balaban J connectivity index is 1.39. The lowest BCUT2D eigenvalue weighted by atomic mass is 9.54. The Labute approximate surface area is 136 Å². The van der Waals surface area contributed by atoms with Crippen molar-refractivity contribution in [2.75, 3.05) is 0 Å². The van der Waals surface area contributed by atoms with E-state index in [9.17, 15) is 0 Å². The summed E-state index contributed by atoms with van der Waals surface area (Å²) in [5.74, 6) is 15.9. The van der Waals surface area contributed by atoms with Crippen molar-refractivity contribution in [3.05, 3.63) is 0 Å². The van der Waals surface area contributed by atoms with Crippen LogP contribution in [0.4, 0.5) is 0 Å². The molecule has 0 aromatic carbocycles. The summed E-state index contributed by atoms with van der Waals surface area (Å²) in [6, 6.07) is 0. The third-order valence-corrected chi connectivity index (χ3v) is 11.0. The van der Waals surface area contributed by atoms with Crippen LogP contribution in [0.3, 0.4) is 0 Å². The van der Waals surface area contributed by atoms with Crippen LogP contribution in [-0.4, -0.2) is 0 Å². The van der Waals surface area contributed by atoms with Crippen LogP contribution >= 0.6 is 0 Å². The molecule has 6 rings (SSSR count). The van der Waals surface area contributed by atoms with Gasteiger partial charge in [0.2, 0.25) is 0 Å². The van der Waals surface area contributed by atoms with Crippen LogP contribution in [0.15, 0.2) is 0 Å². The molecule has 0 radical (unpaired) electrons. The molecule has 122 valence electrons. The smallest absolute Gasteiger partial charge is 0.0318 e. The second-order valence-corrected chi connectivity index (χ2v) is 10.6. The maximum absolute atomic E-state index is 2.63. The molecule has 0 amide bonds. The van der Waals surface area contributed by atoms with Gasteiger partial charge in [0.1, 0.15) is 0 Å². The summed E-state index contributed by atoms with van der Waals surface area (Å²) in [5.41, 5.74) is 0. The molecule has 6 bridgehead atoms. The largest absolute Gasteiger partial charge is 0.0651 e. The summed E-state index contributed by atoms with van der Waals surface area (Å²) in [4.78, 5) is 0. The van der Waals surface area contributed by atoms with E-state index in [0.717, 1.165) is 47.3 Å². The summed E-state index contributed by atoms with van der Waals surface area (Å²) in [7, 11) is 0. The molecule has 14 unspecified atom stereocenters. The highest BCUT2D eigenvalue weighted by atomic mass is 14.8. The predicted octanol–water partition coefficient (Wildman–Crippen LogP) is 5.33. The van der Waals surface area contributed by atoms with E-state index in [2.05, 4.69) is 27.7 Å². The van der Waals surface area contributed by atoms with Crippen LogP contribution in [0.5, 0.6) is 0 Å². The Bertz CT molecular complexity index is 508. The molecule has 0 nitrogen and oxygen atoms in total. The van der Waals surface area contributed by atoms with E-state index in [1.54, 1.807) is 19.3 Å². The minimum absolute atomic E-state index is 1.04. The lowest BCUT2D eigenvalue weighted by Gasteiger charge is -2.50. The Morgan fingerprint density at radius 3 is 1.50 bits per heavy atom. The van der Waals surface area contributed by atoms with Crippen LogP contribution in [0.2, 0.25) is 0 Å². The zero-order valence-electron chi connectivity index (χ0n) is 14.9. The molecule has 6 aliphatic carbocycles. The van der Waals surface area contributed by atoms with E-state index in [1.165, 1.54) is 41.9 Å². The Morgan fingerprint density at radius 2 is 0.955 bits per heavy atom. The van der Waals surface area contributed by atoms with Gasteiger partial charge in [0.05, 0.1) is 0 Å². The van der Waals surface area contributed by atoms with Crippen LogP contribution in [0.25, 0.3) is 0 Å². The maximum Gasteiger partial charge on any atom is -0.0318 e. The SMILES string of the molecule is CCC1C(C)C2CC1C1C3CC(C4C5CC(C(C)C5C)C34)C21. The monoisotopic (exact) mass is 298 g/mol. The first-order valence-corrected chi connectivity index (χ1v) is 10.6. The third kappa shape index (κ3) is 1.19. The van der Waals surface area contributed by atoms with Gasteiger partial charge in [-0.05, 0) is 102 Å². The predicted molar refractivity (Wildman–Crippen MR) is 90.0 cm³/mol. The van der Waals surface area contributed by atoms with E-state index < -0.39 is 0 Å².